The van der Waals surface area contributed by atoms with Crippen LogP contribution >= 0.6 is 11.3 Å². The molecule has 2 aromatic rings. The molecule has 3 N–H and O–H groups in total. The lowest BCUT2D eigenvalue weighted by Crippen LogP contribution is -2.48. The zero-order chi connectivity index (χ0) is 22.5. The van der Waals surface area contributed by atoms with Crippen molar-refractivity contribution in [3.8, 4) is 0 Å². The Morgan fingerprint density at radius 1 is 1.30 bits per heavy atom. The van der Waals surface area contributed by atoms with E-state index in [1.807, 2.05) is 11.8 Å². The van der Waals surface area contributed by atoms with Gasteiger partial charge in [0.1, 0.15) is 10.7 Å². The van der Waals surface area contributed by atoms with Crippen LogP contribution in [0.1, 0.15) is 40.0 Å². The Labute approximate surface area is 174 Å². The molecule has 1 amide bonds. The molecule has 2 unspecified atom stereocenters. The van der Waals surface area contributed by atoms with Gasteiger partial charge in [-0.25, -0.2) is 14.2 Å². The highest BCUT2D eigenvalue weighted by atomic mass is 32.1. The SMILES string of the molecule is CC1CC(N)CCN1C(=O)c1cnc(Cc2ccc(F)cc2)s1.O=C(O)C(F)(F)F. The number of carbonyl (C=O) groups is 2. The molecule has 1 aliphatic heterocycles. The summed E-state index contributed by atoms with van der Waals surface area (Å²) in [5, 5.41) is 7.99. The Hall–Kier alpha value is -2.53. The van der Waals surface area contributed by atoms with Gasteiger partial charge in [-0.3, -0.25) is 4.79 Å². The van der Waals surface area contributed by atoms with Gasteiger partial charge in [0.25, 0.3) is 5.91 Å². The van der Waals surface area contributed by atoms with E-state index in [9.17, 15) is 22.4 Å². The first-order valence-corrected chi connectivity index (χ1v) is 9.84. The Bertz CT molecular complexity index is 871. The van der Waals surface area contributed by atoms with Crippen molar-refractivity contribution >= 4 is 23.2 Å². The molecule has 1 aliphatic rings. The average molecular weight is 447 g/mol. The van der Waals surface area contributed by atoms with Crippen molar-refractivity contribution in [1.29, 1.82) is 0 Å². The van der Waals surface area contributed by atoms with E-state index in [1.54, 1.807) is 18.3 Å². The van der Waals surface area contributed by atoms with Gasteiger partial charge in [-0.05, 0) is 37.5 Å². The van der Waals surface area contributed by atoms with E-state index in [0.29, 0.717) is 17.8 Å². The number of aliphatic carboxylic acids is 1. The van der Waals surface area contributed by atoms with Crippen LogP contribution in [0.5, 0.6) is 0 Å². The summed E-state index contributed by atoms with van der Waals surface area (Å²) < 4.78 is 44.7. The summed E-state index contributed by atoms with van der Waals surface area (Å²) in [5.41, 5.74) is 6.94. The highest BCUT2D eigenvalue weighted by molar-refractivity contribution is 7.13. The Kier molecular flexibility index (Phi) is 7.90. The van der Waals surface area contributed by atoms with Crippen molar-refractivity contribution in [3.63, 3.8) is 0 Å². The third kappa shape index (κ3) is 6.77. The van der Waals surface area contributed by atoms with Gasteiger partial charge in [-0.2, -0.15) is 13.2 Å². The number of carbonyl (C=O) groups excluding carboxylic acids is 1. The highest BCUT2D eigenvalue weighted by Gasteiger charge is 2.38. The molecular weight excluding hydrogens is 426 g/mol. The third-order valence-corrected chi connectivity index (χ3v) is 5.44. The van der Waals surface area contributed by atoms with Crippen molar-refractivity contribution in [2.24, 2.45) is 5.73 Å². The minimum Gasteiger partial charge on any atom is -0.475 e. The fourth-order valence-electron chi connectivity index (χ4n) is 2.92. The first kappa shape index (κ1) is 23.7. The van der Waals surface area contributed by atoms with Gasteiger partial charge in [0.05, 0.1) is 11.2 Å². The Morgan fingerprint density at radius 3 is 2.43 bits per heavy atom. The van der Waals surface area contributed by atoms with E-state index < -0.39 is 12.1 Å². The van der Waals surface area contributed by atoms with Crippen molar-refractivity contribution < 1.29 is 32.3 Å². The lowest BCUT2D eigenvalue weighted by Gasteiger charge is -2.36. The fraction of sp³-hybridized carbons (Fsp3) is 0.421. The van der Waals surface area contributed by atoms with Crippen LogP contribution < -0.4 is 5.73 Å². The van der Waals surface area contributed by atoms with Crippen molar-refractivity contribution in [1.82, 2.24) is 9.88 Å². The van der Waals surface area contributed by atoms with Gasteiger partial charge in [0, 0.05) is 25.0 Å². The monoisotopic (exact) mass is 447 g/mol. The highest BCUT2D eigenvalue weighted by Crippen LogP contribution is 2.23. The number of halogens is 4. The quantitative estimate of drug-likeness (QED) is 0.703. The molecular formula is C19H21F4N3O3S. The van der Waals surface area contributed by atoms with E-state index >= 15 is 0 Å². The predicted octanol–water partition coefficient (Wildman–Crippen LogP) is 3.46. The number of thiazole rings is 1. The summed E-state index contributed by atoms with van der Waals surface area (Å²) in [6.07, 6.45) is -1.14. The zero-order valence-corrected chi connectivity index (χ0v) is 16.8. The topological polar surface area (TPSA) is 96.5 Å². The maximum Gasteiger partial charge on any atom is 0.490 e. The molecule has 11 heteroatoms. The first-order chi connectivity index (χ1) is 14.0. The second-order valence-corrected chi connectivity index (χ2v) is 7.97. The number of likely N-dealkylation sites (tertiary alicyclic amines) is 1. The van der Waals surface area contributed by atoms with Gasteiger partial charge < -0.3 is 15.7 Å². The molecule has 1 aromatic carbocycles. The van der Waals surface area contributed by atoms with Crippen LogP contribution in [0.25, 0.3) is 0 Å². The van der Waals surface area contributed by atoms with E-state index in [0.717, 1.165) is 23.4 Å². The van der Waals surface area contributed by atoms with Gasteiger partial charge in [-0.15, -0.1) is 11.3 Å². The van der Waals surface area contributed by atoms with E-state index in [1.165, 1.54) is 23.5 Å². The normalized spacial score (nSPS) is 19.1. The van der Waals surface area contributed by atoms with Gasteiger partial charge in [-0.1, -0.05) is 12.1 Å². The molecule has 0 saturated carbocycles. The molecule has 6 nitrogen and oxygen atoms in total. The predicted molar refractivity (Wildman–Crippen MR) is 103 cm³/mol. The second-order valence-electron chi connectivity index (χ2n) is 6.86. The van der Waals surface area contributed by atoms with E-state index in [-0.39, 0.29) is 23.8 Å². The number of rotatable bonds is 3. The Balaban J connectivity index is 0.000000396. The van der Waals surface area contributed by atoms with E-state index in [2.05, 4.69) is 4.98 Å². The minimum absolute atomic E-state index is 0.0345. The fourth-order valence-corrected chi connectivity index (χ4v) is 3.83. The molecule has 0 radical (unpaired) electrons. The summed E-state index contributed by atoms with van der Waals surface area (Å²) in [4.78, 5) is 28.4. The number of hydrogen-bond donors (Lipinski definition) is 2. The third-order valence-electron chi connectivity index (χ3n) is 4.45. The molecule has 2 heterocycles. The molecule has 0 aliphatic carbocycles. The maximum absolute atomic E-state index is 12.9. The molecule has 2 atom stereocenters. The van der Waals surface area contributed by atoms with Gasteiger partial charge >= 0.3 is 12.1 Å². The molecule has 164 valence electrons. The van der Waals surface area contributed by atoms with Crippen molar-refractivity contribution in [2.75, 3.05) is 6.54 Å². The number of carboxylic acid groups (broad SMARTS) is 1. The average Bonchev–Trinajstić information content (AvgIpc) is 3.11. The number of piperidine rings is 1. The number of carboxylic acids is 1. The largest absolute Gasteiger partial charge is 0.490 e. The van der Waals surface area contributed by atoms with Crippen LogP contribution in [0.4, 0.5) is 17.6 Å². The van der Waals surface area contributed by atoms with Crippen LogP contribution in [0.3, 0.4) is 0 Å². The zero-order valence-electron chi connectivity index (χ0n) is 16.0. The molecule has 1 aromatic heterocycles. The van der Waals surface area contributed by atoms with Gasteiger partial charge in [0.15, 0.2) is 0 Å². The number of nitrogens with zero attached hydrogens (tertiary/aromatic N) is 2. The lowest BCUT2D eigenvalue weighted by molar-refractivity contribution is -0.192. The maximum atomic E-state index is 12.9. The van der Waals surface area contributed by atoms with Crippen LogP contribution in [0, 0.1) is 5.82 Å². The van der Waals surface area contributed by atoms with Crippen LogP contribution in [0.15, 0.2) is 30.5 Å². The number of nitrogens with two attached hydrogens (primary N) is 1. The summed E-state index contributed by atoms with van der Waals surface area (Å²) in [6, 6.07) is 6.71. The molecule has 30 heavy (non-hydrogen) atoms. The summed E-state index contributed by atoms with van der Waals surface area (Å²) in [6.45, 7) is 2.74. The molecule has 0 spiro atoms. The number of alkyl halides is 3. The standard InChI is InChI=1S/C17H20FN3OS.C2HF3O2/c1-11-8-14(19)6-7-21(11)17(22)15-10-20-16(23-15)9-12-2-4-13(18)5-3-12;3-2(4,5)1(6)7/h2-5,10-11,14H,6-9,19H2,1H3;(H,6,7). The van der Waals surface area contributed by atoms with Crippen LogP contribution in [-0.2, 0) is 11.2 Å². The first-order valence-electron chi connectivity index (χ1n) is 9.03. The van der Waals surface area contributed by atoms with Crippen molar-refractivity contribution in [3.05, 3.63) is 51.7 Å². The van der Waals surface area contributed by atoms with Gasteiger partial charge in [0.2, 0.25) is 0 Å². The number of aromatic nitrogens is 1. The van der Waals surface area contributed by atoms with Crippen molar-refractivity contribution in [2.45, 2.75) is 44.4 Å². The Morgan fingerprint density at radius 2 is 1.90 bits per heavy atom. The summed E-state index contributed by atoms with van der Waals surface area (Å²) in [7, 11) is 0. The molecule has 1 saturated heterocycles. The van der Waals surface area contributed by atoms with Crippen LogP contribution in [-0.4, -0.2) is 51.7 Å². The van der Waals surface area contributed by atoms with E-state index in [4.69, 9.17) is 15.6 Å². The number of hydrogen-bond acceptors (Lipinski definition) is 5. The molecule has 0 bridgehead atoms. The second kappa shape index (κ2) is 9.98. The summed E-state index contributed by atoms with van der Waals surface area (Å²) >= 11 is 1.41. The molecule has 1 fully saturated rings. The summed E-state index contributed by atoms with van der Waals surface area (Å²) in [5.74, 6) is -2.97. The lowest BCUT2D eigenvalue weighted by atomic mass is 9.99. The number of amides is 1. The number of benzene rings is 1. The molecule has 3 rings (SSSR count). The van der Waals surface area contributed by atoms with Crippen LogP contribution in [0.2, 0.25) is 0 Å². The minimum atomic E-state index is -5.08. The smallest absolute Gasteiger partial charge is 0.475 e.